The second-order valence-electron chi connectivity index (χ2n) is 4.02. The molecule has 0 N–H and O–H groups in total. The molecule has 0 aromatic carbocycles. The second kappa shape index (κ2) is 4.35. The van der Waals surface area contributed by atoms with E-state index in [1.54, 1.807) is 12.4 Å². The highest BCUT2D eigenvalue weighted by Crippen LogP contribution is 2.27. The van der Waals surface area contributed by atoms with E-state index in [1.807, 2.05) is 13.8 Å². The van der Waals surface area contributed by atoms with Crippen molar-refractivity contribution in [2.75, 3.05) is 0 Å². The van der Waals surface area contributed by atoms with E-state index < -0.39 is 11.9 Å². The van der Waals surface area contributed by atoms with Gasteiger partial charge in [-0.3, -0.25) is 0 Å². The van der Waals surface area contributed by atoms with Crippen LogP contribution in [0.4, 0.5) is 13.2 Å². The van der Waals surface area contributed by atoms with Crippen LogP contribution in [0.1, 0.15) is 31.0 Å². The van der Waals surface area contributed by atoms with E-state index in [0.717, 1.165) is 16.4 Å². The van der Waals surface area contributed by atoms with Gasteiger partial charge in [-0.2, -0.15) is 17.9 Å². The summed E-state index contributed by atoms with van der Waals surface area (Å²) < 4.78 is 37.9. The van der Waals surface area contributed by atoms with Gasteiger partial charge in [-0.05, 0) is 11.5 Å². The molecule has 0 aliphatic carbocycles. The van der Waals surface area contributed by atoms with Crippen LogP contribution in [-0.4, -0.2) is 25.0 Å². The van der Waals surface area contributed by atoms with Gasteiger partial charge in [-0.15, -0.1) is 5.10 Å². The quantitative estimate of drug-likeness (QED) is 0.827. The maximum absolute atomic E-state index is 12.3. The Morgan fingerprint density at radius 1 is 1.17 bits per heavy atom. The Bertz CT molecular complexity index is 529. The molecular formula is C10H10F3N5. The van der Waals surface area contributed by atoms with Crippen LogP contribution in [0.3, 0.4) is 0 Å². The van der Waals surface area contributed by atoms with Gasteiger partial charge in [-0.25, -0.2) is 9.97 Å². The lowest BCUT2D eigenvalue weighted by Gasteiger charge is -2.04. The SMILES string of the molecule is CC(C)c1cnc(-n2cc(C(F)(F)F)nn2)nc1. The molecule has 0 aliphatic rings. The third-order valence-corrected chi connectivity index (χ3v) is 2.31. The summed E-state index contributed by atoms with van der Waals surface area (Å²) in [7, 11) is 0. The maximum atomic E-state index is 12.3. The summed E-state index contributed by atoms with van der Waals surface area (Å²) >= 11 is 0. The molecule has 0 amide bonds. The van der Waals surface area contributed by atoms with Gasteiger partial charge < -0.3 is 0 Å². The van der Waals surface area contributed by atoms with Crippen molar-refractivity contribution in [2.24, 2.45) is 0 Å². The average Bonchev–Trinajstić information content (AvgIpc) is 2.78. The van der Waals surface area contributed by atoms with Crippen LogP contribution < -0.4 is 0 Å². The molecule has 0 spiro atoms. The van der Waals surface area contributed by atoms with Crippen molar-refractivity contribution >= 4 is 0 Å². The molecule has 0 bridgehead atoms. The number of nitrogens with zero attached hydrogens (tertiary/aromatic N) is 5. The van der Waals surface area contributed by atoms with Gasteiger partial charge in [0.25, 0.3) is 5.95 Å². The highest BCUT2D eigenvalue weighted by molar-refractivity contribution is 5.16. The van der Waals surface area contributed by atoms with Gasteiger partial charge in [0.2, 0.25) is 0 Å². The number of alkyl halides is 3. The standard InChI is InChI=1S/C10H10F3N5/c1-6(2)7-3-14-9(15-4-7)18-5-8(16-17-18)10(11,12)13/h3-6H,1-2H3. The Labute approximate surface area is 101 Å². The van der Waals surface area contributed by atoms with E-state index in [1.165, 1.54) is 0 Å². The molecule has 5 nitrogen and oxygen atoms in total. The summed E-state index contributed by atoms with van der Waals surface area (Å²) in [6, 6.07) is 0. The lowest BCUT2D eigenvalue weighted by atomic mass is 10.1. The van der Waals surface area contributed by atoms with E-state index in [2.05, 4.69) is 20.3 Å². The first-order valence-electron chi connectivity index (χ1n) is 5.20. The highest BCUT2D eigenvalue weighted by atomic mass is 19.4. The molecule has 18 heavy (non-hydrogen) atoms. The first-order chi connectivity index (χ1) is 8.38. The average molecular weight is 257 g/mol. The molecule has 2 heterocycles. The fourth-order valence-electron chi connectivity index (χ4n) is 1.24. The molecule has 0 saturated carbocycles. The maximum Gasteiger partial charge on any atom is 0.436 e. The number of rotatable bonds is 2. The van der Waals surface area contributed by atoms with Gasteiger partial charge in [0.15, 0.2) is 5.69 Å². The minimum Gasteiger partial charge on any atom is -0.219 e. The van der Waals surface area contributed by atoms with Crippen LogP contribution in [0.15, 0.2) is 18.6 Å². The van der Waals surface area contributed by atoms with Crippen LogP contribution in [0.2, 0.25) is 0 Å². The van der Waals surface area contributed by atoms with Gasteiger partial charge in [0, 0.05) is 12.4 Å². The second-order valence-corrected chi connectivity index (χ2v) is 4.02. The van der Waals surface area contributed by atoms with Gasteiger partial charge in [-0.1, -0.05) is 19.1 Å². The summed E-state index contributed by atoms with van der Waals surface area (Å²) in [5, 5.41) is 6.38. The van der Waals surface area contributed by atoms with Crippen molar-refractivity contribution in [3.63, 3.8) is 0 Å². The monoisotopic (exact) mass is 257 g/mol. The summed E-state index contributed by atoms with van der Waals surface area (Å²) in [5.74, 6) is 0.308. The van der Waals surface area contributed by atoms with Crippen LogP contribution in [-0.2, 0) is 6.18 Å². The molecular weight excluding hydrogens is 247 g/mol. The zero-order valence-corrected chi connectivity index (χ0v) is 9.68. The Hall–Kier alpha value is -1.99. The topological polar surface area (TPSA) is 56.5 Å². The van der Waals surface area contributed by atoms with E-state index in [9.17, 15) is 13.2 Å². The highest BCUT2D eigenvalue weighted by Gasteiger charge is 2.34. The van der Waals surface area contributed by atoms with Crippen molar-refractivity contribution in [3.8, 4) is 5.95 Å². The third kappa shape index (κ3) is 2.47. The van der Waals surface area contributed by atoms with E-state index in [4.69, 9.17) is 0 Å². The first-order valence-corrected chi connectivity index (χ1v) is 5.20. The van der Waals surface area contributed by atoms with Crippen LogP contribution in [0.25, 0.3) is 5.95 Å². The van der Waals surface area contributed by atoms with Crippen LogP contribution >= 0.6 is 0 Å². The molecule has 0 fully saturated rings. The number of hydrogen-bond donors (Lipinski definition) is 0. The van der Waals surface area contributed by atoms with Crippen molar-refractivity contribution in [1.29, 1.82) is 0 Å². The molecule has 0 saturated heterocycles. The van der Waals surface area contributed by atoms with Crippen molar-refractivity contribution in [1.82, 2.24) is 25.0 Å². The predicted octanol–water partition coefficient (Wildman–Crippen LogP) is 2.20. The summed E-state index contributed by atoms with van der Waals surface area (Å²) in [5.41, 5.74) is -0.172. The number of halogens is 3. The van der Waals surface area contributed by atoms with Crippen LogP contribution in [0, 0.1) is 0 Å². The molecule has 0 atom stereocenters. The molecule has 0 aliphatic heterocycles. The molecule has 2 aromatic rings. The van der Waals surface area contributed by atoms with Gasteiger partial charge in [0.05, 0.1) is 6.20 Å². The van der Waals surface area contributed by atoms with E-state index in [-0.39, 0.29) is 11.9 Å². The molecule has 8 heteroatoms. The lowest BCUT2D eigenvalue weighted by molar-refractivity contribution is -0.141. The molecule has 0 radical (unpaired) electrons. The predicted molar refractivity (Wildman–Crippen MR) is 56.0 cm³/mol. The van der Waals surface area contributed by atoms with Crippen LogP contribution in [0.5, 0.6) is 0 Å². The van der Waals surface area contributed by atoms with Crippen molar-refractivity contribution in [3.05, 3.63) is 29.8 Å². The molecule has 2 rings (SSSR count). The largest absolute Gasteiger partial charge is 0.436 e. The summed E-state index contributed by atoms with van der Waals surface area (Å²) in [6.07, 6.45) is -0.648. The minimum atomic E-state index is -4.52. The summed E-state index contributed by atoms with van der Waals surface area (Å²) in [6.45, 7) is 3.94. The Balaban J connectivity index is 2.29. The Kier molecular flexibility index (Phi) is 3.02. The first kappa shape index (κ1) is 12.5. The Morgan fingerprint density at radius 2 is 1.78 bits per heavy atom. The fourth-order valence-corrected chi connectivity index (χ4v) is 1.24. The number of aromatic nitrogens is 5. The molecule has 96 valence electrons. The van der Waals surface area contributed by atoms with Crippen molar-refractivity contribution in [2.45, 2.75) is 25.9 Å². The van der Waals surface area contributed by atoms with E-state index >= 15 is 0 Å². The molecule has 0 unspecified atom stereocenters. The lowest BCUT2D eigenvalue weighted by Crippen LogP contribution is -2.05. The van der Waals surface area contributed by atoms with Crippen molar-refractivity contribution < 1.29 is 13.2 Å². The normalized spacial score (nSPS) is 12.1. The smallest absolute Gasteiger partial charge is 0.219 e. The van der Waals surface area contributed by atoms with Gasteiger partial charge in [0.1, 0.15) is 0 Å². The summed E-state index contributed by atoms with van der Waals surface area (Å²) in [4.78, 5) is 7.90. The zero-order valence-electron chi connectivity index (χ0n) is 9.68. The van der Waals surface area contributed by atoms with E-state index in [0.29, 0.717) is 0 Å². The zero-order chi connectivity index (χ0) is 13.3. The minimum absolute atomic E-state index is 0.0578. The number of hydrogen-bond acceptors (Lipinski definition) is 4. The Morgan fingerprint density at radius 3 is 2.22 bits per heavy atom. The third-order valence-electron chi connectivity index (χ3n) is 2.31. The molecule has 2 aromatic heterocycles. The van der Waals surface area contributed by atoms with Gasteiger partial charge >= 0.3 is 6.18 Å². The fraction of sp³-hybridized carbons (Fsp3) is 0.400.